The van der Waals surface area contributed by atoms with Crippen molar-refractivity contribution < 1.29 is 8.42 Å². The van der Waals surface area contributed by atoms with Crippen LogP contribution in [-0.4, -0.2) is 23.2 Å². The minimum atomic E-state index is -3.58. The quantitative estimate of drug-likeness (QED) is 0.714. The Bertz CT molecular complexity index is 1060. The Hall–Kier alpha value is -2.67. The van der Waals surface area contributed by atoms with Crippen LogP contribution in [0.1, 0.15) is 42.0 Å². The summed E-state index contributed by atoms with van der Waals surface area (Å²) in [4.78, 5) is 0.265. The zero-order valence-corrected chi connectivity index (χ0v) is 16.9. The molecule has 0 unspecified atom stereocenters. The van der Waals surface area contributed by atoms with Gasteiger partial charge in [-0.15, -0.1) is 10.2 Å². The molecule has 3 aromatic rings. The highest BCUT2D eigenvalue weighted by Gasteiger charge is 2.23. The lowest BCUT2D eigenvalue weighted by Crippen LogP contribution is -2.20. The minimum absolute atomic E-state index is 0.265. The number of rotatable bonds is 5. The van der Waals surface area contributed by atoms with E-state index >= 15 is 0 Å². The van der Waals surface area contributed by atoms with Crippen molar-refractivity contribution in [1.82, 2.24) is 14.8 Å². The van der Waals surface area contributed by atoms with Crippen LogP contribution in [0, 0.1) is 6.92 Å². The van der Waals surface area contributed by atoms with Gasteiger partial charge in [0.15, 0.2) is 0 Å². The maximum absolute atomic E-state index is 12.5. The van der Waals surface area contributed by atoms with Gasteiger partial charge in [0.25, 0.3) is 10.0 Å². The number of hydrogen-bond acceptors (Lipinski definition) is 4. The smallest absolute Gasteiger partial charge is 0.261 e. The summed E-state index contributed by atoms with van der Waals surface area (Å²) in [5, 5.41) is 8.55. The van der Waals surface area contributed by atoms with Crippen LogP contribution in [0.5, 0.6) is 0 Å². The summed E-state index contributed by atoms with van der Waals surface area (Å²) in [6.07, 6.45) is 2.81. The minimum Gasteiger partial charge on any atom is -0.314 e. The van der Waals surface area contributed by atoms with Gasteiger partial charge in [-0.1, -0.05) is 36.8 Å². The van der Waals surface area contributed by atoms with E-state index in [0.717, 1.165) is 43.0 Å². The van der Waals surface area contributed by atoms with Crippen molar-refractivity contribution in [3.8, 4) is 0 Å². The van der Waals surface area contributed by atoms with Gasteiger partial charge in [-0.05, 0) is 43.2 Å². The average Bonchev–Trinajstić information content (AvgIpc) is 3.11. The molecule has 1 aromatic heterocycles. The van der Waals surface area contributed by atoms with Gasteiger partial charge >= 0.3 is 0 Å². The van der Waals surface area contributed by atoms with Gasteiger partial charge in [0.05, 0.1) is 4.90 Å². The van der Waals surface area contributed by atoms with Crippen molar-refractivity contribution >= 4 is 15.7 Å². The van der Waals surface area contributed by atoms with Crippen LogP contribution in [0.2, 0.25) is 0 Å². The summed E-state index contributed by atoms with van der Waals surface area (Å²) in [5.41, 5.74) is 2.80. The van der Waals surface area contributed by atoms with E-state index in [4.69, 9.17) is 0 Å². The van der Waals surface area contributed by atoms with Crippen LogP contribution in [0.3, 0.4) is 0 Å². The number of aromatic nitrogens is 3. The lowest BCUT2D eigenvalue weighted by molar-refractivity contribution is 0.447. The van der Waals surface area contributed by atoms with Gasteiger partial charge in [0.1, 0.15) is 11.6 Å². The number of fused-ring (bicyclic) bond motifs is 1. The number of aryl methyl sites for hydroxylation is 3. The Balaban J connectivity index is 1.49. The number of nitrogens with zero attached hydrogens (tertiary/aromatic N) is 3. The predicted molar refractivity (Wildman–Crippen MR) is 109 cm³/mol. The SMILES string of the molecule is CCc1nnc2n1C[C@H](c1ccc(NS(=O)(=O)c3ccc(C)cc3)cc1)CC2. The summed E-state index contributed by atoms with van der Waals surface area (Å²) in [6, 6.07) is 14.5. The van der Waals surface area contributed by atoms with Crippen molar-refractivity contribution in [3.05, 3.63) is 71.3 Å². The topological polar surface area (TPSA) is 76.9 Å². The van der Waals surface area contributed by atoms with E-state index in [1.807, 2.05) is 31.2 Å². The van der Waals surface area contributed by atoms with Crippen LogP contribution in [0.4, 0.5) is 5.69 Å². The Morgan fingerprint density at radius 2 is 1.79 bits per heavy atom. The third-order valence-electron chi connectivity index (χ3n) is 5.31. The summed E-state index contributed by atoms with van der Waals surface area (Å²) in [5.74, 6) is 2.48. The summed E-state index contributed by atoms with van der Waals surface area (Å²) in [7, 11) is -3.58. The lowest BCUT2D eigenvalue weighted by Gasteiger charge is -2.24. The van der Waals surface area contributed by atoms with Crippen LogP contribution in [0.15, 0.2) is 53.4 Å². The second kappa shape index (κ2) is 7.39. The highest BCUT2D eigenvalue weighted by molar-refractivity contribution is 7.92. The summed E-state index contributed by atoms with van der Waals surface area (Å²) in [6.45, 7) is 4.90. The van der Waals surface area contributed by atoms with Crippen LogP contribution in [-0.2, 0) is 29.4 Å². The summed E-state index contributed by atoms with van der Waals surface area (Å²) < 4.78 is 30.0. The number of benzene rings is 2. The molecule has 0 aliphatic carbocycles. The second-order valence-electron chi connectivity index (χ2n) is 7.27. The molecule has 0 fully saturated rings. The van der Waals surface area contributed by atoms with Gasteiger partial charge < -0.3 is 4.57 Å². The first kappa shape index (κ1) is 18.7. The molecule has 0 saturated carbocycles. The molecule has 0 spiro atoms. The van der Waals surface area contributed by atoms with Gasteiger partial charge in [-0.2, -0.15) is 0 Å². The van der Waals surface area contributed by atoms with Gasteiger partial charge in [-0.3, -0.25) is 4.72 Å². The lowest BCUT2D eigenvalue weighted by atomic mass is 9.91. The molecule has 2 aromatic carbocycles. The molecule has 1 aliphatic heterocycles. The van der Waals surface area contributed by atoms with E-state index in [1.54, 1.807) is 24.3 Å². The molecule has 0 saturated heterocycles. The van der Waals surface area contributed by atoms with E-state index in [9.17, 15) is 8.42 Å². The van der Waals surface area contributed by atoms with Crippen molar-refractivity contribution in [2.75, 3.05) is 4.72 Å². The van der Waals surface area contributed by atoms with Crippen LogP contribution < -0.4 is 4.72 Å². The number of hydrogen-bond donors (Lipinski definition) is 1. The monoisotopic (exact) mass is 396 g/mol. The summed E-state index contributed by atoms with van der Waals surface area (Å²) >= 11 is 0. The predicted octanol–water partition coefficient (Wildman–Crippen LogP) is 3.68. The fourth-order valence-electron chi connectivity index (χ4n) is 3.67. The molecule has 7 heteroatoms. The van der Waals surface area contributed by atoms with Crippen molar-refractivity contribution in [1.29, 1.82) is 0 Å². The molecule has 1 aliphatic rings. The average molecular weight is 397 g/mol. The first-order valence-corrected chi connectivity index (χ1v) is 11.0. The first-order valence-electron chi connectivity index (χ1n) is 9.56. The third-order valence-corrected chi connectivity index (χ3v) is 6.70. The normalized spacial score (nSPS) is 16.6. The van der Waals surface area contributed by atoms with E-state index in [-0.39, 0.29) is 4.90 Å². The third kappa shape index (κ3) is 3.67. The zero-order valence-electron chi connectivity index (χ0n) is 16.1. The molecule has 2 heterocycles. The maximum Gasteiger partial charge on any atom is 0.261 e. The van der Waals surface area contributed by atoms with E-state index < -0.39 is 10.0 Å². The van der Waals surface area contributed by atoms with Crippen molar-refractivity contribution in [2.45, 2.75) is 50.5 Å². The highest BCUT2D eigenvalue weighted by Crippen LogP contribution is 2.30. The number of sulfonamides is 1. The van der Waals surface area contributed by atoms with Crippen LogP contribution >= 0.6 is 0 Å². The van der Waals surface area contributed by atoms with E-state index in [0.29, 0.717) is 11.6 Å². The number of nitrogens with one attached hydrogen (secondary N) is 1. The first-order chi connectivity index (χ1) is 13.5. The van der Waals surface area contributed by atoms with E-state index in [2.05, 4.69) is 26.4 Å². The van der Waals surface area contributed by atoms with Gasteiger partial charge in [-0.25, -0.2) is 8.42 Å². The Morgan fingerprint density at radius 3 is 2.46 bits per heavy atom. The molecule has 1 N–H and O–H groups in total. The zero-order chi connectivity index (χ0) is 19.7. The van der Waals surface area contributed by atoms with E-state index in [1.165, 1.54) is 5.56 Å². The highest BCUT2D eigenvalue weighted by atomic mass is 32.2. The number of anilines is 1. The molecule has 0 bridgehead atoms. The molecule has 1 atom stereocenters. The second-order valence-corrected chi connectivity index (χ2v) is 8.96. The molecule has 146 valence electrons. The fourth-order valence-corrected chi connectivity index (χ4v) is 4.73. The fraction of sp³-hybridized carbons (Fsp3) is 0.333. The van der Waals surface area contributed by atoms with Gasteiger partial charge in [0.2, 0.25) is 0 Å². The van der Waals surface area contributed by atoms with Gasteiger partial charge in [0, 0.05) is 31.0 Å². The Labute approximate surface area is 165 Å². The van der Waals surface area contributed by atoms with Crippen molar-refractivity contribution in [2.24, 2.45) is 0 Å². The molecule has 0 amide bonds. The molecule has 0 radical (unpaired) electrons. The largest absolute Gasteiger partial charge is 0.314 e. The molecular formula is C21H24N4O2S. The molecule has 4 rings (SSSR count). The maximum atomic E-state index is 12.5. The molecular weight excluding hydrogens is 372 g/mol. The Kier molecular flexibility index (Phi) is 4.93. The molecule has 6 nitrogen and oxygen atoms in total. The standard InChI is InChI=1S/C21H24N4O2S/c1-3-20-22-23-21-13-8-17(14-25(20)21)16-6-9-18(10-7-16)24-28(26,27)19-11-4-15(2)5-12-19/h4-7,9-12,17,24H,3,8,13-14H2,1-2H3/t17-/m1/s1. The Morgan fingerprint density at radius 1 is 1.07 bits per heavy atom. The molecule has 28 heavy (non-hydrogen) atoms. The van der Waals surface area contributed by atoms with Crippen LogP contribution in [0.25, 0.3) is 0 Å². The van der Waals surface area contributed by atoms with Crippen molar-refractivity contribution in [3.63, 3.8) is 0 Å².